The minimum atomic E-state index is -4.58. The average molecular weight is 624 g/mol. The predicted molar refractivity (Wildman–Crippen MR) is 158 cm³/mol. The van der Waals surface area contributed by atoms with Crippen LogP contribution in [0.5, 0.6) is 5.75 Å². The van der Waals surface area contributed by atoms with E-state index in [0.717, 1.165) is 23.6 Å². The quantitative estimate of drug-likeness (QED) is 0.198. The van der Waals surface area contributed by atoms with Gasteiger partial charge in [-0.15, -0.1) is 0 Å². The second-order valence-corrected chi connectivity index (χ2v) is 12.3. The summed E-state index contributed by atoms with van der Waals surface area (Å²) < 4.78 is 70.8. The highest BCUT2D eigenvalue weighted by Crippen LogP contribution is 2.43. The van der Waals surface area contributed by atoms with Crippen molar-refractivity contribution >= 4 is 17.0 Å². The van der Waals surface area contributed by atoms with Gasteiger partial charge in [0.25, 0.3) is 0 Å². The van der Waals surface area contributed by atoms with E-state index in [9.17, 15) is 23.1 Å². The predicted octanol–water partition coefficient (Wildman–Crippen LogP) is 7.26. The van der Waals surface area contributed by atoms with Crippen LogP contribution in [0.2, 0.25) is 0 Å². The average Bonchev–Trinajstić information content (AvgIpc) is 3.77. The molecule has 0 amide bonds. The number of hydrogen-bond donors (Lipinski definition) is 1. The van der Waals surface area contributed by atoms with E-state index in [0.29, 0.717) is 48.9 Å². The molecule has 1 saturated heterocycles. The SMILES string of the molecule is C[C@H]1c2cc(OCc3ccc(C4CC4)cc3)c(C(F)(F)F)cc2CCN1Cc1nc2c(F)cc(C(=O)O)cc2n1C[C@@H]1CCO1. The number of benzene rings is 3. The first-order valence-electron chi connectivity index (χ1n) is 15.3. The van der Waals surface area contributed by atoms with Crippen molar-refractivity contribution in [1.82, 2.24) is 14.5 Å². The Morgan fingerprint density at radius 3 is 2.51 bits per heavy atom. The summed E-state index contributed by atoms with van der Waals surface area (Å²) in [4.78, 5) is 18.3. The number of halogens is 4. The molecule has 0 spiro atoms. The number of fused-ring (bicyclic) bond motifs is 2. The molecule has 1 aliphatic carbocycles. The fourth-order valence-corrected chi connectivity index (χ4v) is 6.41. The van der Waals surface area contributed by atoms with Crippen molar-refractivity contribution in [3.05, 3.63) is 93.6 Å². The van der Waals surface area contributed by atoms with Crippen molar-refractivity contribution < 1.29 is 36.9 Å². The number of carboxylic acid groups (broad SMARTS) is 1. The molecular weight excluding hydrogens is 590 g/mol. The molecule has 236 valence electrons. The molecule has 2 fully saturated rings. The maximum absolute atomic E-state index is 15.0. The van der Waals surface area contributed by atoms with Crippen LogP contribution in [0.3, 0.4) is 0 Å². The van der Waals surface area contributed by atoms with Gasteiger partial charge in [0, 0.05) is 19.2 Å². The van der Waals surface area contributed by atoms with E-state index in [2.05, 4.69) is 9.88 Å². The minimum absolute atomic E-state index is 0.0159. The highest BCUT2D eigenvalue weighted by molar-refractivity contribution is 5.92. The van der Waals surface area contributed by atoms with Gasteiger partial charge in [0.2, 0.25) is 0 Å². The normalized spacial score (nSPS) is 20.2. The summed E-state index contributed by atoms with van der Waals surface area (Å²) in [5.41, 5.74) is 2.88. The molecule has 3 heterocycles. The lowest BCUT2D eigenvalue weighted by Crippen LogP contribution is -2.36. The van der Waals surface area contributed by atoms with Gasteiger partial charge in [0.15, 0.2) is 5.82 Å². The van der Waals surface area contributed by atoms with Crippen LogP contribution in [0, 0.1) is 5.82 Å². The van der Waals surface area contributed by atoms with Crippen LogP contribution in [-0.2, 0) is 37.0 Å². The van der Waals surface area contributed by atoms with Gasteiger partial charge in [-0.2, -0.15) is 13.2 Å². The Morgan fingerprint density at radius 2 is 1.87 bits per heavy atom. The molecule has 1 aromatic heterocycles. The number of alkyl halides is 3. The zero-order valence-electron chi connectivity index (χ0n) is 24.7. The summed E-state index contributed by atoms with van der Waals surface area (Å²) in [5.74, 6) is -1.04. The van der Waals surface area contributed by atoms with Gasteiger partial charge in [-0.25, -0.2) is 14.2 Å². The van der Waals surface area contributed by atoms with Gasteiger partial charge in [0.1, 0.15) is 23.7 Å². The third kappa shape index (κ3) is 5.91. The van der Waals surface area contributed by atoms with Gasteiger partial charge in [-0.1, -0.05) is 24.3 Å². The second-order valence-electron chi connectivity index (χ2n) is 12.3. The molecule has 7 nitrogen and oxygen atoms in total. The minimum Gasteiger partial charge on any atom is -0.488 e. The number of imidazole rings is 1. The molecule has 1 N–H and O–H groups in total. The maximum atomic E-state index is 15.0. The fourth-order valence-electron chi connectivity index (χ4n) is 6.41. The van der Waals surface area contributed by atoms with Gasteiger partial charge >= 0.3 is 12.1 Å². The molecule has 45 heavy (non-hydrogen) atoms. The molecule has 0 radical (unpaired) electrons. The first-order valence-corrected chi connectivity index (χ1v) is 15.3. The third-order valence-electron chi connectivity index (χ3n) is 9.29. The summed E-state index contributed by atoms with van der Waals surface area (Å²) >= 11 is 0. The van der Waals surface area contributed by atoms with Crippen LogP contribution in [0.4, 0.5) is 17.6 Å². The van der Waals surface area contributed by atoms with E-state index in [1.165, 1.54) is 36.6 Å². The van der Waals surface area contributed by atoms with Crippen molar-refractivity contribution in [2.45, 2.75) is 76.5 Å². The van der Waals surface area contributed by atoms with Crippen molar-refractivity contribution in [2.75, 3.05) is 13.2 Å². The van der Waals surface area contributed by atoms with Crippen LogP contribution in [0.1, 0.15) is 82.1 Å². The molecular formula is C34H33F4N3O4. The maximum Gasteiger partial charge on any atom is 0.419 e. The summed E-state index contributed by atoms with van der Waals surface area (Å²) in [6, 6.07) is 12.7. The van der Waals surface area contributed by atoms with Crippen LogP contribution in [-0.4, -0.2) is 44.8 Å². The first-order chi connectivity index (χ1) is 21.5. The molecule has 3 aromatic carbocycles. The Labute approximate surface area is 257 Å². The van der Waals surface area contributed by atoms with E-state index in [-0.39, 0.29) is 42.1 Å². The monoisotopic (exact) mass is 623 g/mol. The van der Waals surface area contributed by atoms with Gasteiger partial charge < -0.3 is 19.1 Å². The van der Waals surface area contributed by atoms with Crippen molar-refractivity contribution in [3.8, 4) is 5.75 Å². The molecule has 0 bridgehead atoms. The van der Waals surface area contributed by atoms with Crippen LogP contribution >= 0.6 is 0 Å². The number of hydrogen-bond acceptors (Lipinski definition) is 5. The van der Waals surface area contributed by atoms with E-state index >= 15 is 4.39 Å². The number of ether oxygens (including phenoxy) is 2. The zero-order chi connectivity index (χ0) is 31.5. The smallest absolute Gasteiger partial charge is 0.419 e. The molecule has 11 heteroatoms. The molecule has 0 unspecified atom stereocenters. The summed E-state index contributed by atoms with van der Waals surface area (Å²) in [5, 5.41) is 9.51. The molecule has 2 aliphatic heterocycles. The summed E-state index contributed by atoms with van der Waals surface area (Å²) in [6.45, 7) is 3.71. The molecule has 3 aliphatic rings. The topological polar surface area (TPSA) is 76.8 Å². The van der Waals surface area contributed by atoms with Crippen LogP contribution in [0.25, 0.3) is 11.0 Å². The molecule has 4 aromatic rings. The summed E-state index contributed by atoms with van der Waals surface area (Å²) in [6.07, 6.45) is -1.12. The number of aromatic carboxylic acids is 1. The second kappa shape index (κ2) is 11.4. The largest absolute Gasteiger partial charge is 0.488 e. The van der Waals surface area contributed by atoms with E-state index in [4.69, 9.17) is 9.47 Å². The summed E-state index contributed by atoms with van der Waals surface area (Å²) in [7, 11) is 0. The van der Waals surface area contributed by atoms with Gasteiger partial charge in [-0.3, -0.25) is 4.90 Å². The van der Waals surface area contributed by atoms with E-state index in [1.807, 2.05) is 35.8 Å². The van der Waals surface area contributed by atoms with Gasteiger partial charge in [-0.05, 0) is 85.0 Å². The number of carbonyl (C=O) groups is 1. The Balaban J connectivity index is 1.17. The number of aromatic nitrogens is 2. The molecule has 7 rings (SSSR count). The van der Waals surface area contributed by atoms with Crippen LogP contribution < -0.4 is 4.74 Å². The Morgan fingerprint density at radius 1 is 1.11 bits per heavy atom. The lowest BCUT2D eigenvalue weighted by Gasteiger charge is -2.36. The molecule has 2 atom stereocenters. The molecule has 1 saturated carbocycles. The highest BCUT2D eigenvalue weighted by atomic mass is 19.4. The Hall–Kier alpha value is -3.96. The Bertz CT molecular complexity index is 1760. The van der Waals surface area contributed by atoms with Crippen molar-refractivity contribution in [3.63, 3.8) is 0 Å². The Kier molecular flexibility index (Phi) is 7.56. The number of rotatable bonds is 9. The van der Waals surface area contributed by atoms with Crippen molar-refractivity contribution in [2.24, 2.45) is 0 Å². The third-order valence-corrected chi connectivity index (χ3v) is 9.29. The van der Waals surface area contributed by atoms with Gasteiger partial charge in [0.05, 0.1) is 35.8 Å². The van der Waals surface area contributed by atoms with E-state index < -0.39 is 23.5 Å². The number of nitrogens with zero attached hydrogens (tertiary/aromatic N) is 3. The van der Waals surface area contributed by atoms with Crippen molar-refractivity contribution in [1.29, 1.82) is 0 Å². The lowest BCUT2D eigenvalue weighted by molar-refractivity contribution is -0.139. The zero-order valence-corrected chi connectivity index (χ0v) is 24.7. The van der Waals surface area contributed by atoms with Crippen LogP contribution in [0.15, 0.2) is 48.5 Å². The first kappa shape index (κ1) is 29.7. The number of carboxylic acids is 1. The fraction of sp³-hybridized carbons (Fsp3) is 0.412. The standard InChI is InChI=1S/C34H33F4N3O4/c1-19-26-15-30(45-18-20-2-4-21(5-3-20)22-6-7-22)27(34(36,37)38)12-23(26)8-10-40(19)17-31-39-32-28(35)13-24(33(42)43)14-29(32)41(31)16-25-9-11-44-25/h2-5,12-15,19,22,25H,6-11,16-18H2,1H3,(H,42,43)/t19-,25-/m0/s1. The highest BCUT2D eigenvalue weighted by Gasteiger charge is 2.37. The van der Waals surface area contributed by atoms with E-state index in [1.54, 1.807) is 0 Å². The lowest BCUT2D eigenvalue weighted by atomic mass is 9.91.